The first-order valence-electron chi connectivity index (χ1n) is 5.75. The molecule has 3 N–H and O–H groups in total. The topological polar surface area (TPSA) is 104 Å². The molecule has 0 radical (unpaired) electrons. The molecule has 2 atom stereocenters. The SMILES string of the molecule is CC(c1ccccc1)C(NCCN=[N+]=[N-])C(N)=O. The highest BCUT2D eigenvalue weighted by atomic mass is 16.1. The molecule has 0 saturated heterocycles. The maximum atomic E-state index is 11.4. The van der Waals surface area contributed by atoms with Crippen molar-refractivity contribution in [3.63, 3.8) is 0 Å². The van der Waals surface area contributed by atoms with E-state index < -0.39 is 11.9 Å². The molecule has 0 saturated carbocycles. The molecule has 0 heterocycles. The molecule has 0 aliphatic carbocycles. The molecule has 0 aromatic heterocycles. The first kappa shape index (κ1) is 14.0. The zero-order valence-electron chi connectivity index (χ0n) is 10.3. The number of nitrogens with one attached hydrogen (secondary N) is 1. The zero-order chi connectivity index (χ0) is 13.4. The van der Waals surface area contributed by atoms with E-state index in [0.717, 1.165) is 5.56 Å². The lowest BCUT2D eigenvalue weighted by atomic mass is 9.93. The van der Waals surface area contributed by atoms with E-state index in [2.05, 4.69) is 15.3 Å². The second-order valence-electron chi connectivity index (χ2n) is 3.99. The molecule has 18 heavy (non-hydrogen) atoms. The van der Waals surface area contributed by atoms with Crippen molar-refractivity contribution >= 4 is 5.91 Å². The largest absolute Gasteiger partial charge is 0.368 e. The van der Waals surface area contributed by atoms with Crippen molar-refractivity contribution in [1.82, 2.24) is 5.32 Å². The van der Waals surface area contributed by atoms with Crippen molar-refractivity contribution < 1.29 is 4.79 Å². The number of primary amides is 1. The van der Waals surface area contributed by atoms with Gasteiger partial charge < -0.3 is 11.1 Å². The lowest BCUT2D eigenvalue weighted by molar-refractivity contribution is -0.120. The van der Waals surface area contributed by atoms with E-state index in [1.807, 2.05) is 37.3 Å². The minimum atomic E-state index is -0.471. The summed E-state index contributed by atoms with van der Waals surface area (Å²) in [6.07, 6.45) is 0. The van der Waals surface area contributed by atoms with Crippen LogP contribution in [0.5, 0.6) is 0 Å². The molecule has 0 fully saturated rings. The number of azide groups is 1. The van der Waals surface area contributed by atoms with Gasteiger partial charge in [0.2, 0.25) is 5.91 Å². The average Bonchev–Trinajstić information content (AvgIpc) is 2.39. The summed E-state index contributed by atoms with van der Waals surface area (Å²) in [6, 6.07) is 9.20. The number of amides is 1. The molecule has 6 nitrogen and oxygen atoms in total. The van der Waals surface area contributed by atoms with Crippen LogP contribution in [-0.2, 0) is 4.79 Å². The number of nitrogens with two attached hydrogens (primary N) is 1. The number of rotatable bonds is 7. The Morgan fingerprint density at radius 1 is 1.50 bits per heavy atom. The van der Waals surface area contributed by atoms with Crippen LogP contribution in [0.15, 0.2) is 35.4 Å². The molecule has 0 bridgehead atoms. The fourth-order valence-corrected chi connectivity index (χ4v) is 1.79. The summed E-state index contributed by atoms with van der Waals surface area (Å²) in [5.74, 6) is -0.443. The summed E-state index contributed by atoms with van der Waals surface area (Å²) in [5, 5.41) is 6.41. The highest BCUT2D eigenvalue weighted by molar-refractivity contribution is 5.81. The Kier molecular flexibility index (Phi) is 5.70. The highest BCUT2D eigenvalue weighted by Crippen LogP contribution is 2.18. The van der Waals surface area contributed by atoms with Crippen LogP contribution in [0, 0.1) is 0 Å². The van der Waals surface area contributed by atoms with Crippen LogP contribution in [0.1, 0.15) is 18.4 Å². The van der Waals surface area contributed by atoms with Gasteiger partial charge in [-0.15, -0.1) is 0 Å². The van der Waals surface area contributed by atoms with Crippen LogP contribution in [0.4, 0.5) is 0 Å². The van der Waals surface area contributed by atoms with Gasteiger partial charge in [0.15, 0.2) is 0 Å². The summed E-state index contributed by atoms with van der Waals surface area (Å²) in [4.78, 5) is 14.1. The normalized spacial score (nSPS) is 13.4. The van der Waals surface area contributed by atoms with Crippen molar-refractivity contribution in [2.24, 2.45) is 10.8 Å². The van der Waals surface area contributed by atoms with Gasteiger partial charge in [0.1, 0.15) is 0 Å². The van der Waals surface area contributed by atoms with E-state index in [4.69, 9.17) is 11.3 Å². The van der Waals surface area contributed by atoms with E-state index in [0.29, 0.717) is 13.1 Å². The number of hydrogen-bond acceptors (Lipinski definition) is 3. The molecular weight excluding hydrogens is 230 g/mol. The van der Waals surface area contributed by atoms with Crippen molar-refractivity contribution in [3.05, 3.63) is 46.3 Å². The van der Waals surface area contributed by atoms with Gasteiger partial charge in [-0.3, -0.25) is 4.79 Å². The number of nitrogens with zero attached hydrogens (tertiary/aromatic N) is 3. The summed E-state index contributed by atoms with van der Waals surface area (Å²) < 4.78 is 0. The second-order valence-corrected chi connectivity index (χ2v) is 3.99. The third-order valence-corrected chi connectivity index (χ3v) is 2.77. The van der Waals surface area contributed by atoms with Gasteiger partial charge in [-0.2, -0.15) is 0 Å². The van der Waals surface area contributed by atoms with Gasteiger partial charge in [0.25, 0.3) is 0 Å². The number of hydrogen-bond donors (Lipinski definition) is 2. The molecule has 2 unspecified atom stereocenters. The van der Waals surface area contributed by atoms with E-state index in [-0.39, 0.29) is 5.92 Å². The summed E-state index contributed by atoms with van der Waals surface area (Å²) in [5.41, 5.74) is 14.6. The highest BCUT2D eigenvalue weighted by Gasteiger charge is 2.23. The van der Waals surface area contributed by atoms with Gasteiger partial charge in [0, 0.05) is 23.9 Å². The summed E-state index contributed by atoms with van der Waals surface area (Å²) >= 11 is 0. The third-order valence-electron chi connectivity index (χ3n) is 2.77. The molecule has 0 spiro atoms. The predicted molar refractivity (Wildman–Crippen MR) is 69.9 cm³/mol. The zero-order valence-corrected chi connectivity index (χ0v) is 10.3. The smallest absolute Gasteiger partial charge is 0.235 e. The summed E-state index contributed by atoms with van der Waals surface area (Å²) in [7, 11) is 0. The standard InChI is InChI=1S/C12H17N5O/c1-9(10-5-3-2-4-6-10)11(12(13)18)15-7-8-16-17-14/h2-6,9,11,15H,7-8H2,1H3,(H2,13,18). The maximum Gasteiger partial charge on any atom is 0.235 e. The molecule has 96 valence electrons. The van der Waals surface area contributed by atoms with Gasteiger partial charge in [-0.1, -0.05) is 42.4 Å². The molecule has 1 aromatic carbocycles. The fourth-order valence-electron chi connectivity index (χ4n) is 1.79. The molecule has 1 rings (SSSR count). The van der Waals surface area contributed by atoms with Crippen LogP contribution >= 0.6 is 0 Å². The van der Waals surface area contributed by atoms with Gasteiger partial charge in [-0.05, 0) is 11.1 Å². The minimum absolute atomic E-state index is 0.0326. The molecule has 1 amide bonds. The number of carbonyl (C=O) groups excluding carboxylic acids is 1. The molecule has 0 aliphatic heterocycles. The average molecular weight is 247 g/mol. The van der Waals surface area contributed by atoms with Gasteiger partial charge >= 0.3 is 0 Å². The first-order chi connectivity index (χ1) is 8.66. The van der Waals surface area contributed by atoms with Crippen LogP contribution in [0.2, 0.25) is 0 Å². The lowest BCUT2D eigenvalue weighted by Gasteiger charge is -2.22. The van der Waals surface area contributed by atoms with E-state index in [9.17, 15) is 4.79 Å². The number of benzene rings is 1. The summed E-state index contributed by atoms with van der Waals surface area (Å²) in [6.45, 7) is 2.65. The predicted octanol–water partition coefficient (Wildman–Crippen LogP) is 1.54. The van der Waals surface area contributed by atoms with E-state index >= 15 is 0 Å². The minimum Gasteiger partial charge on any atom is -0.368 e. The monoisotopic (exact) mass is 247 g/mol. The second kappa shape index (κ2) is 7.32. The Balaban J connectivity index is 2.67. The van der Waals surface area contributed by atoms with E-state index in [1.165, 1.54) is 0 Å². The maximum absolute atomic E-state index is 11.4. The molecule has 1 aromatic rings. The Bertz CT molecular complexity index is 427. The van der Waals surface area contributed by atoms with Gasteiger partial charge in [-0.25, -0.2) is 0 Å². The fraction of sp³-hybridized carbons (Fsp3) is 0.417. The molecule has 6 heteroatoms. The van der Waals surface area contributed by atoms with Crippen LogP contribution in [-0.4, -0.2) is 25.0 Å². The van der Waals surface area contributed by atoms with Crippen LogP contribution < -0.4 is 11.1 Å². The van der Waals surface area contributed by atoms with Crippen molar-refractivity contribution in [3.8, 4) is 0 Å². The Morgan fingerprint density at radius 2 is 2.17 bits per heavy atom. The van der Waals surface area contributed by atoms with Crippen LogP contribution in [0.3, 0.4) is 0 Å². The molecule has 0 aliphatic rings. The number of carbonyl (C=O) groups is 1. The van der Waals surface area contributed by atoms with Crippen molar-refractivity contribution in [1.29, 1.82) is 0 Å². The lowest BCUT2D eigenvalue weighted by Crippen LogP contribution is -2.45. The Hall–Kier alpha value is -2.04. The van der Waals surface area contributed by atoms with Crippen LogP contribution in [0.25, 0.3) is 10.4 Å². The van der Waals surface area contributed by atoms with Crippen molar-refractivity contribution in [2.75, 3.05) is 13.1 Å². The first-order valence-corrected chi connectivity index (χ1v) is 5.75. The third kappa shape index (κ3) is 4.08. The van der Waals surface area contributed by atoms with Crippen molar-refractivity contribution in [2.45, 2.75) is 18.9 Å². The van der Waals surface area contributed by atoms with E-state index in [1.54, 1.807) is 0 Å². The Morgan fingerprint density at radius 3 is 2.72 bits per heavy atom. The molecular formula is C12H17N5O. The quantitative estimate of drug-likeness (QED) is 0.330. The van der Waals surface area contributed by atoms with Gasteiger partial charge in [0.05, 0.1) is 6.04 Å². The Labute approximate surface area is 106 Å².